The average Bonchev–Trinajstić information content (AvgIpc) is 3.26. The number of carbonyl (C=O) groups excluding carboxylic acids is 1. The fraction of sp³-hybridized carbons (Fsp3) is 0.389. The van der Waals surface area contributed by atoms with Crippen LogP contribution >= 0.6 is 11.3 Å². The molecular weight excluding hydrogens is 370 g/mol. The SMILES string of the molecule is O=C(Cc1csc(C2CC2)n1)N(Cc1ccncc1)C1C=CS(=O)(=O)C1. The van der Waals surface area contributed by atoms with Crippen molar-refractivity contribution in [3.63, 3.8) is 0 Å². The lowest BCUT2D eigenvalue weighted by Gasteiger charge is -2.27. The minimum Gasteiger partial charge on any atom is -0.331 e. The maximum absolute atomic E-state index is 13.0. The lowest BCUT2D eigenvalue weighted by Crippen LogP contribution is -2.41. The van der Waals surface area contributed by atoms with Gasteiger partial charge in [-0.25, -0.2) is 13.4 Å². The third-order valence-corrected chi connectivity index (χ3v) is 7.00. The van der Waals surface area contributed by atoms with Crippen LogP contribution in [0.15, 0.2) is 41.4 Å². The number of carbonyl (C=O) groups is 1. The first kappa shape index (κ1) is 17.4. The molecule has 8 heteroatoms. The van der Waals surface area contributed by atoms with Crippen molar-refractivity contribution in [3.05, 3.63) is 57.7 Å². The Balaban J connectivity index is 1.52. The molecule has 1 saturated carbocycles. The molecule has 2 aromatic heterocycles. The molecule has 1 unspecified atom stereocenters. The maximum atomic E-state index is 13.0. The van der Waals surface area contributed by atoms with Gasteiger partial charge < -0.3 is 4.90 Å². The van der Waals surface area contributed by atoms with Crippen molar-refractivity contribution in [3.8, 4) is 0 Å². The Hall–Kier alpha value is -2.06. The van der Waals surface area contributed by atoms with E-state index in [1.807, 2.05) is 17.5 Å². The van der Waals surface area contributed by atoms with Crippen LogP contribution in [-0.2, 0) is 27.6 Å². The second-order valence-electron chi connectivity index (χ2n) is 6.73. The van der Waals surface area contributed by atoms with E-state index in [4.69, 9.17) is 0 Å². The van der Waals surface area contributed by atoms with Crippen molar-refractivity contribution in [1.82, 2.24) is 14.9 Å². The molecule has 0 bridgehead atoms. The van der Waals surface area contributed by atoms with Gasteiger partial charge in [0.05, 0.1) is 28.9 Å². The van der Waals surface area contributed by atoms with E-state index in [9.17, 15) is 13.2 Å². The highest BCUT2D eigenvalue weighted by atomic mass is 32.2. The number of hydrogen-bond donors (Lipinski definition) is 0. The van der Waals surface area contributed by atoms with Gasteiger partial charge >= 0.3 is 0 Å². The summed E-state index contributed by atoms with van der Waals surface area (Å²) < 4.78 is 23.6. The smallest absolute Gasteiger partial charge is 0.229 e. The van der Waals surface area contributed by atoms with Crippen LogP contribution in [0.5, 0.6) is 0 Å². The zero-order valence-electron chi connectivity index (χ0n) is 14.1. The number of sulfone groups is 1. The number of pyridine rings is 1. The third-order valence-electron chi connectivity index (χ3n) is 4.56. The summed E-state index contributed by atoms with van der Waals surface area (Å²) in [7, 11) is -3.24. The fourth-order valence-electron chi connectivity index (χ4n) is 3.01. The largest absolute Gasteiger partial charge is 0.331 e. The van der Waals surface area contributed by atoms with Gasteiger partial charge in [-0.15, -0.1) is 11.3 Å². The number of hydrogen-bond acceptors (Lipinski definition) is 6. The molecule has 26 heavy (non-hydrogen) atoms. The zero-order chi connectivity index (χ0) is 18.1. The summed E-state index contributed by atoms with van der Waals surface area (Å²) in [6.07, 6.45) is 7.49. The molecule has 0 spiro atoms. The van der Waals surface area contributed by atoms with E-state index in [0.717, 1.165) is 16.3 Å². The highest BCUT2D eigenvalue weighted by molar-refractivity contribution is 7.94. The molecule has 0 aromatic carbocycles. The molecule has 0 saturated heterocycles. The molecule has 4 rings (SSSR count). The zero-order valence-corrected chi connectivity index (χ0v) is 15.7. The van der Waals surface area contributed by atoms with Gasteiger partial charge in [0.1, 0.15) is 0 Å². The van der Waals surface area contributed by atoms with Gasteiger partial charge in [-0.1, -0.05) is 0 Å². The van der Waals surface area contributed by atoms with Gasteiger partial charge in [0.15, 0.2) is 9.84 Å². The summed E-state index contributed by atoms with van der Waals surface area (Å²) in [5, 5.41) is 4.26. The number of aromatic nitrogens is 2. The molecule has 0 radical (unpaired) electrons. The Morgan fingerprint density at radius 3 is 2.69 bits per heavy atom. The first-order valence-corrected chi connectivity index (χ1v) is 11.1. The van der Waals surface area contributed by atoms with Crippen molar-refractivity contribution in [2.45, 2.75) is 37.8 Å². The van der Waals surface area contributed by atoms with E-state index in [2.05, 4.69) is 9.97 Å². The molecule has 2 aromatic rings. The van der Waals surface area contributed by atoms with Crippen LogP contribution < -0.4 is 0 Å². The second-order valence-corrected chi connectivity index (χ2v) is 9.55. The topological polar surface area (TPSA) is 80.2 Å². The molecule has 0 N–H and O–H groups in total. The molecule has 2 aliphatic rings. The van der Waals surface area contributed by atoms with Crippen LogP contribution in [0.1, 0.15) is 35.0 Å². The molecular formula is C18H19N3O3S2. The van der Waals surface area contributed by atoms with Crippen molar-refractivity contribution in [2.24, 2.45) is 0 Å². The van der Waals surface area contributed by atoms with E-state index >= 15 is 0 Å². The lowest BCUT2D eigenvalue weighted by molar-refractivity contribution is -0.132. The molecule has 1 aliphatic carbocycles. The first-order chi connectivity index (χ1) is 12.5. The van der Waals surface area contributed by atoms with Gasteiger partial charge in [0.2, 0.25) is 5.91 Å². The summed E-state index contributed by atoms with van der Waals surface area (Å²) in [6.45, 7) is 0.353. The van der Waals surface area contributed by atoms with Crippen molar-refractivity contribution in [1.29, 1.82) is 0 Å². The summed E-state index contributed by atoms with van der Waals surface area (Å²) in [6, 6.07) is 3.23. The van der Waals surface area contributed by atoms with E-state index in [-0.39, 0.29) is 18.1 Å². The first-order valence-electron chi connectivity index (χ1n) is 8.54. The van der Waals surface area contributed by atoms with E-state index in [0.29, 0.717) is 12.5 Å². The minimum atomic E-state index is -3.24. The van der Waals surface area contributed by atoms with Gasteiger partial charge in [-0.2, -0.15) is 0 Å². The predicted octanol–water partition coefficient (Wildman–Crippen LogP) is 2.30. The van der Waals surface area contributed by atoms with E-state index in [1.165, 1.54) is 18.2 Å². The van der Waals surface area contributed by atoms with E-state index < -0.39 is 15.9 Å². The fourth-order valence-corrected chi connectivity index (χ4v) is 5.30. The minimum absolute atomic E-state index is 0.0613. The Morgan fingerprint density at radius 2 is 2.04 bits per heavy atom. The number of rotatable bonds is 6. The van der Waals surface area contributed by atoms with Crippen LogP contribution in [0.25, 0.3) is 0 Å². The molecule has 136 valence electrons. The molecule has 1 fully saturated rings. The molecule has 6 nitrogen and oxygen atoms in total. The monoisotopic (exact) mass is 389 g/mol. The van der Waals surface area contributed by atoms with Gasteiger partial charge in [0.25, 0.3) is 0 Å². The normalized spacial score (nSPS) is 21.0. The Bertz CT molecular complexity index is 934. The quantitative estimate of drug-likeness (QED) is 0.757. The molecule has 3 heterocycles. The summed E-state index contributed by atoms with van der Waals surface area (Å²) >= 11 is 1.61. The number of nitrogens with zero attached hydrogens (tertiary/aromatic N) is 3. The van der Waals surface area contributed by atoms with Gasteiger partial charge in [-0.3, -0.25) is 9.78 Å². The Labute approximate surface area is 156 Å². The van der Waals surface area contributed by atoms with Crippen LogP contribution in [0, 0.1) is 0 Å². The average molecular weight is 390 g/mol. The van der Waals surface area contributed by atoms with Crippen LogP contribution in [-0.4, -0.2) is 41.0 Å². The highest BCUT2D eigenvalue weighted by Gasteiger charge is 2.31. The van der Waals surface area contributed by atoms with Crippen LogP contribution in [0.4, 0.5) is 0 Å². The summed E-state index contributed by atoms with van der Waals surface area (Å²) in [5.41, 5.74) is 1.69. The number of thiazole rings is 1. The lowest BCUT2D eigenvalue weighted by atomic mass is 10.1. The second kappa shape index (κ2) is 6.92. The van der Waals surface area contributed by atoms with Crippen molar-refractivity contribution < 1.29 is 13.2 Å². The molecule has 1 atom stereocenters. The van der Waals surface area contributed by atoms with Crippen molar-refractivity contribution in [2.75, 3.05) is 5.75 Å². The Morgan fingerprint density at radius 1 is 1.27 bits per heavy atom. The van der Waals surface area contributed by atoms with Gasteiger partial charge in [0, 0.05) is 35.6 Å². The molecule has 1 aliphatic heterocycles. The van der Waals surface area contributed by atoms with Crippen LogP contribution in [0.2, 0.25) is 0 Å². The van der Waals surface area contributed by atoms with Gasteiger partial charge in [-0.05, 0) is 36.6 Å². The predicted molar refractivity (Wildman–Crippen MR) is 99.3 cm³/mol. The Kier molecular flexibility index (Phi) is 4.62. The maximum Gasteiger partial charge on any atom is 0.229 e. The van der Waals surface area contributed by atoms with Crippen LogP contribution in [0.3, 0.4) is 0 Å². The number of amides is 1. The standard InChI is InChI=1S/C18H19N3O3S2/c22-17(9-15-11-25-18(20-15)14-1-2-14)21(10-13-3-6-19-7-4-13)16-5-8-26(23,24)12-16/h3-8,11,14,16H,1-2,9-10,12H2. The summed E-state index contributed by atoms with van der Waals surface area (Å²) in [5.74, 6) is 0.398. The van der Waals surface area contributed by atoms with Crippen molar-refractivity contribution >= 4 is 27.1 Å². The van der Waals surface area contributed by atoms with E-state index in [1.54, 1.807) is 34.7 Å². The third kappa shape index (κ3) is 4.02. The summed E-state index contributed by atoms with van der Waals surface area (Å²) in [4.78, 5) is 23.2. The highest BCUT2D eigenvalue weighted by Crippen LogP contribution is 2.41. The molecule has 1 amide bonds.